The fourth-order valence-corrected chi connectivity index (χ4v) is 3.95. The fraction of sp³-hybridized carbons (Fsp3) is 0.308. The van der Waals surface area contributed by atoms with Crippen molar-refractivity contribution in [1.29, 1.82) is 0 Å². The van der Waals surface area contributed by atoms with Gasteiger partial charge in [0.15, 0.2) is 5.65 Å². The first-order valence-corrected chi connectivity index (χ1v) is 12.0. The van der Waals surface area contributed by atoms with E-state index in [4.69, 9.17) is 10.3 Å². The zero-order chi connectivity index (χ0) is 26.2. The van der Waals surface area contributed by atoms with Gasteiger partial charge < -0.3 is 15.2 Å². The second-order valence-corrected chi connectivity index (χ2v) is 9.83. The number of nitrogens with zero attached hydrogens (tertiary/aromatic N) is 6. The number of rotatable bonds is 8. The van der Waals surface area contributed by atoms with E-state index >= 15 is 4.39 Å². The number of pyridine rings is 1. The molecule has 0 atom stereocenters. The summed E-state index contributed by atoms with van der Waals surface area (Å²) in [6, 6.07) is 6.78. The van der Waals surface area contributed by atoms with Gasteiger partial charge >= 0.3 is 0 Å². The number of aromatic nitrogens is 7. The highest BCUT2D eigenvalue weighted by atomic mass is 19.1. The third-order valence-corrected chi connectivity index (χ3v) is 5.96. The third kappa shape index (κ3) is 5.03. The van der Waals surface area contributed by atoms with Crippen LogP contribution < -0.4 is 5.73 Å². The molecule has 0 spiro atoms. The van der Waals surface area contributed by atoms with Gasteiger partial charge in [-0.1, -0.05) is 38.1 Å². The van der Waals surface area contributed by atoms with Gasteiger partial charge in [0.25, 0.3) is 0 Å². The average Bonchev–Trinajstić information content (AvgIpc) is 3.62. The minimum absolute atomic E-state index is 0.0183. The van der Waals surface area contributed by atoms with Crippen LogP contribution in [0.3, 0.4) is 0 Å². The first-order valence-electron chi connectivity index (χ1n) is 12.0. The van der Waals surface area contributed by atoms with Gasteiger partial charge in [-0.3, -0.25) is 9.48 Å². The van der Waals surface area contributed by atoms with Gasteiger partial charge in [-0.05, 0) is 29.7 Å². The molecule has 37 heavy (non-hydrogen) atoms. The Balaban J connectivity index is 1.35. The normalized spacial score (nSPS) is 11.9. The molecule has 0 fully saturated rings. The standard InChI is InChI=1S/C26H27FN8O2/c1-26(2,3)25-33-23(34-37-25)20(36)7-6-15-4-5-16(12-19(15)27)18-8-10-29-24-21(18)31-22(32-24)17-13-30-35(14-17)11-9-28/h4-5,8,10,12-14H,6-7,9,11,28H2,1-3H3,(H,29,31,32). The molecule has 0 amide bonds. The van der Waals surface area contributed by atoms with Crippen molar-refractivity contribution in [2.24, 2.45) is 5.73 Å². The monoisotopic (exact) mass is 502 g/mol. The largest absolute Gasteiger partial charge is 0.338 e. The molecule has 0 aliphatic carbocycles. The van der Waals surface area contributed by atoms with Crippen molar-refractivity contribution >= 4 is 16.9 Å². The number of Topliss-reactive ketones (excluding diaryl/α,β-unsaturated/α-hetero) is 1. The second kappa shape index (κ2) is 9.66. The van der Waals surface area contributed by atoms with Crippen LogP contribution in [0.1, 0.15) is 49.3 Å². The van der Waals surface area contributed by atoms with Crippen molar-refractivity contribution in [1.82, 2.24) is 34.9 Å². The van der Waals surface area contributed by atoms with Gasteiger partial charge in [0.1, 0.15) is 11.6 Å². The maximum Gasteiger partial charge on any atom is 0.238 e. The Morgan fingerprint density at radius 1 is 1.19 bits per heavy atom. The lowest BCUT2D eigenvalue weighted by Crippen LogP contribution is -2.12. The zero-order valence-electron chi connectivity index (χ0n) is 20.8. The lowest BCUT2D eigenvalue weighted by Gasteiger charge is -2.10. The van der Waals surface area contributed by atoms with Crippen molar-refractivity contribution in [2.75, 3.05) is 6.54 Å². The highest BCUT2D eigenvalue weighted by Crippen LogP contribution is 2.30. The predicted octanol–water partition coefficient (Wildman–Crippen LogP) is 4.08. The number of benzene rings is 1. The molecule has 5 rings (SSSR count). The second-order valence-electron chi connectivity index (χ2n) is 9.83. The first kappa shape index (κ1) is 24.4. The van der Waals surface area contributed by atoms with Crippen LogP contribution in [0.5, 0.6) is 0 Å². The Bertz CT molecular complexity index is 1580. The van der Waals surface area contributed by atoms with Crippen LogP contribution in [0.2, 0.25) is 0 Å². The SMILES string of the molecule is CC(C)(C)c1nc(C(=O)CCc2ccc(-c3ccnc4nc(-c5cnn(CCN)c5)[nH]c34)cc2F)no1. The van der Waals surface area contributed by atoms with Crippen molar-refractivity contribution < 1.29 is 13.7 Å². The fourth-order valence-electron chi connectivity index (χ4n) is 3.95. The molecule has 0 aliphatic heterocycles. The Kier molecular flexibility index (Phi) is 6.38. The molecule has 0 aliphatic rings. The zero-order valence-corrected chi connectivity index (χ0v) is 20.8. The van der Waals surface area contributed by atoms with Gasteiger partial charge in [-0.2, -0.15) is 10.1 Å². The number of halogens is 1. The van der Waals surface area contributed by atoms with E-state index in [0.29, 0.717) is 47.1 Å². The molecular formula is C26H27FN8O2. The van der Waals surface area contributed by atoms with E-state index in [2.05, 4.69) is 30.2 Å². The van der Waals surface area contributed by atoms with Gasteiger partial charge in [0, 0.05) is 36.3 Å². The molecule has 0 bridgehead atoms. The molecule has 0 saturated carbocycles. The molecule has 190 valence electrons. The summed E-state index contributed by atoms with van der Waals surface area (Å²) in [6.45, 7) is 6.85. The molecule has 10 nitrogen and oxygen atoms in total. The number of ketones is 1. The van der Waals surface area contributed by atoms with E-state index in [1.54, 1.807) is 23.1 Å². The molecule has 4 aromatic heterocycles. The van der Waals surface area contributed by atoms with Crippen LogP contribution in [0.4, 0.5) is 4.39 Å². The van der Waals surface area contributed by atoms with Crippen molar-refractivity contribution in [3.8, 4) is 22.5 Å². The summed E-state index contributed by atoms with van der Waals surface area (Å²) in [6.07, 6.45) is 5.50. The number of carbonyl (C=O) groups is 1. The van der Waals surface area contributed by atoms with Crippen molar-refractivity contribution in [2.45, 2.75) is 45.6 Å². The Morgan fingerprint density at radius 3 is 2.76 bits per heavy atom. The minimum Gasteiger partial charge on any atom is -0.338 e. The van der Waals surface area contributed by atoms with E-state index < -0.39 is 5.82 Å². The summed E-state index contributed by atoms with van der Waals surface area (Å²) in [5, 5.41) is 8.06. The topological polar surface area (TPSA) is 141 Å². The maximum atomic E-state index is 15.1. The average molecular weight is 503 g/mol. The highest BCUT2D eigenvalue weighted by molar-refractivity contribution is 5.93. The molecule has 3 N–H and O–H groups in total. The van der Waals surface area contributed by atoms with Crippen LogP contribution in [-0.2, 0) is 18.4 Å². The number of hydrogen-bond donors (Lipinski definition) is 2. The Morgan fingerprint density at radius 2 is 2.03 bits per heavy atom. The van der Waals surface area contributed by atoms with E-state index in [0.717, 1.165) is 11.1 Å². The lowest BCUT2D eigenvalue weighted by atomic mass is 9.97. The number of aromatic amines is 1. The van der Waals surface area contributed by atoms with Gasteiger partial charge in [0.2, 0.25) is 17.5 Å². The van der Waals surface area contributed by atoms with Crippen LogP contribution in [0, 0.1) is 5.82 Å². The first-order chi connectivity index (χ1) is 17.7. The number of fused-ring (bicyclic) bond motifs is 1. The maximum absolute atomic E-state index is 15.1. The van der Waals surface area contributed by atoms with Crippen molar-refractivity contribution in [3.63, 3.8) is 0 Å². The number of H-pyrrole nitrogens is 1. The minimum atomic E-state index is -0.401. The molecule has 11 heteroatoms. The van der Waals surface area contributed by atoms with E-state index in [9.17, 15) is 4.79 Å². The third-order valence-electron chi connectivity index (χ3n) is 5.96. The number of carbonyl (C=O) groups excluding carboxylic acids is 1. The van der Waals surface area contributed by atoms with Gasteiger partial charge in [-0.25, -0.2) is 14.4 Å². The number of nitrogens with one attached hydrogen (secondary N) is 1. The molecule has 4 heterocycles. The Hall–Kier alpha value is -4.25. The van der Waals surface area contributed by atoms with Crippen molar-refractivity contribution in [3.05, 3.63) is 66.0 Å². The van der Waals surface area contributed by atoms with Gasteiger partial charge in [0.05, 0.1) is 23.8 Å². The molecular weight excluding hydrogens is 475 g/mol. The summed E-state index contributed by atoms with van der Waals surface area (Å²) >= 11 is 0. The molecule has 0 unspecified atom stereocenters. The number of aryl methyl sites for hydroxylation is 1. The van der Waals surface area contributed by atoms with Gasteiger partial charge in [-0.15, -0.1) is 0 Å². The van der Waals surface area contributed by atoms with Crippen LogP contribution in [0.15, 0.2) is 47.4 Å². The number of hydrogen-bond acceptors (Lipinski definition) is 8. The lowest BCUT2D eigenvalue weighted by molar-refractivity contribution is 0.0969. The summed E-state index contributed by atoms with van der Waals surface area (Å²) in [7, 11) is 0. The summed E-state index contributed by atoms with van der Waals surface area (Å²) < 4.78 is 22.0. The highest BCUT2D eigenvalue weighted by Gasteiger charge is 2.24. The quantitative estimate of drug-likeness (QED) is 0.302. The van der Waals surface area contributed by atoms with E-state index in [-0.39, 0.29) is 29.9 Å². The molecule has 5 aromatic rings. The molecule has 1 aromatic carbocycles. The van der Waals surface area contributed by atoms with E-state index in [1.165, 1.54) is 6.07 Å². The van der Waals surface area contributed by atoms with Crippen LogP contribution >= 0.6 is 0 Å². The summed E-state index contributed by atoms with van der Waals surface area (Å²) in [5.41, 5.74) is 9.13. The number of imidazole rings is 1. The van der Waals surface area contributed by atoms with Crippen LogP contribution in [-0.4, -0.2) is 47.2 Å². The molecule has 0 radical (unpaired) electrons. The smallest absolute Gasteiger partial charge is 0.238 e. The Labute approximate surface area is 212 Å². The number of nitrogens with two attached hydrogens (primary N) is 1. The van der Waals surface area contributed by atoms with Crippen LogP contribution in [0.25, 0.3) is 33.7 Å². The summed E-state index contributed by atoms with van der Waals surface area (Å²) in [5.74, 6) is 0.330. The van der Waals surface area contributed by atoms with E-state index in [1.807, 2.05) is 39.1 Å². The predicted molar refractivity (Wildman–Crippen MR) is 135 cm³/mol. The molecule has 0 saturated heterocycles. The summed E-state index contributed by atoms with van der Waals surface area (Å²) in [4.78, 5) is 28.9.